The van der Waals surface area contributed by atoms with Crippen molar-refractivity contribution < 1.29 is 4.79 Å². The quantitative estimate of drug-likeness (QED) is 0.680. The Bertz CT molecular complexity index is 368. The Hall–Kier alpha value is -1.11. The smallest absolute Gasteiger partial charge is 0.136 e. The van der Waals surface area contributed by atoms with Crippen LogP contribution in [0, 0.1) is 11.8 Å². The number of Topliss-reactive ketones (excluding diaryl/α,β-unsaturated/α-hetero) is 1. The SMILES string of the molecule is O=C1C[C@H]2CC[C@@H]1C[C@@H]2c1ccccc1. The molecule has 0 aromatic heterocycles. The third-order valence-corrected chi connectivity index (χ3v) is 4.14. The van der Waals surface area contributed by atoms with Crippen molar-refractivity contribution in [3.8, 4) is 0 Å². The molecular formula is C14H16O. The van der Waals surface area contributed by atoms with Crippen molar-refractivity contribution in [1.82, 2.24) is 0 Å². The molecule has 78 valence electrons. The van der Waals surface area contributed by atoms with Crippen LogP contribution in [0.15, 0.2) is 30.3 Å². The first-order chi connectivity index (χ1) is 7.34. The molecule has 1 aromatic rings. The summed E-state index contributed by atoms with van der Waals surface area (Å²) >= 11 is 0. The zero-order chi connectivity index (χ0) is 10.3. The Morgan fingerprint density at radius 2 is 1.87 bits per heavy atom. The fraction of sp³-hybridized carbons (Fsp3) is 0.500. The molecule has 3 atom stereocenters. The molecule has 3 aliphatic carbocycles. The van der Waals surface area contributed by atoms with Crippen LogP contribution >= 0.6 is 0 Å². The van der Waals surface area contributed by atoms with Gasteiger partial charge in [0.15, 0.2) is 0 Å². The Kier molecular flexibility index (Phi) is 2.12. The predicted molar refractivity (Wildman–Crippen MR) is 59.6 cm³/mol. The summed E-state index contributed by atoms with van der Waals surface area (Å²) in [5.74, 6) is 2.19. The van der Waals surface area contributed by atoms with E-state index >= 15 is 0 Å². The van der Waals surface area contributed by atoms with Crippen molar-refractivity contribution in [3.05, 3.63) is 35.9 Å². The molecule has 0 radical (unpaired) electrons. The third-order valence-electron chi connectivity index (χ3n) is 4.14. The number of carbonyl (C=O) groups is 1. The lowest BCUT2D eigenvalue weighted by Crippen LogP contribution is -2.36. The number of fused-ring (bicyclic) bond motifs is 3. The highest BCUT2D eigenvalue weighted by Gasteiger charge is 2.41. The summed E-state index contributed by atoms with van der Waals surface area (Å²) in [5.41, 5.74) is 1.44. The van der Waals surface area contributed by atoms with E-state index in [4.69, 9.17) is 0 Å². The highest BCUT2D eigenvalue weighted by atomic mass is 16.1. The molecule has 0 aliphatic heterocycles. The van der Waals surface area contributed by atoms with E-state index in [-0.39, 0.29) is 0 Å². The number of hydrogen-bond donors (Lipinski definition) is 0. The van der Waals surface area contributed by atoms with Crippen LogP contribution in [0.4, 0.5) is 0 Å². The summed E-state index contributed by atoms with van der Waals surface area (Å²) in [6.45, 7) is 0. The zero-order valence-electron chi connectivity index (χ0n) is 8.86. The monoisotopic (exact) mass is 200 g/mol. The van der Waals surface area contributed by atoms with Crippen LogP contribution in [0.1, 0.15) is 37.2 Å². The maximum Gasteiger partial charge on any atom is 0.136 e. The van der Waals surface area contributed by atoms with Crippen molar-refractivity contribution in [2.24, 2.45) is 11.8 Å². The highest BCUT2D eigenvalue weighted by molar-refractivity contribution is 5.83. The van der Waals surface area contributed by atoms with Crippen LogP contribution < -0.4 is 0 Å². The highest BCUT2D eigenvalue weighted by Crippen LogP contribution is 2.47. The van der Waals surface area contributed by atoms with Gasteiger partial charge in [-0.05, 0) is 36.7 Å². The summed E-state index contributed by atoms with van der Waals surface area (Å²) in [7, 11) is 0. The minimum atomic E-state index is 0.375. The van der Waals surface area contributed by atoms with Crippen LogP contribution in [-0.4, -0.2) is 5.78 Å². The van der Waals surface area contributed by atoms with Crippen molar-refractivity contribution in [2.45, 2.75) is 31.6 Å². The predicted octanol–water partition coefficient (Wildman–Crippen LogP) is 3.16. The summed E-state index contributed by atoms with van der Waals surface area (Å²) in [4.78, 5) is 11.6. The number of rotatable bonds is 1. The first-order valence-electron chi connectivity index (χ1n) is 5.92. The van der Waals surface area contributed by atoms with Gasteiger partial charge in [0, 0.05) is 12.3 Å². The van der Waals surface area contributed by atoms with Crippen molar-refractivity contribution in [3.63, 3.8) is 0 Å². The Morgan fingerprint density at radius 1 is 1.07 bits per heavy atom. The van der Waals surface area contributed by atoms with Gasteiger partial charge in [-0.25, -0.2) is 0 Å². The van der Waals surface area contributed by atoms with Gasteiger partial charge in [-0.15, -0.1) is 0 Å². The van der Waals surface area contributed by atoms with Crippen molar-refractivity contribution in [2.75, 3.05) is 0 Å². The maximum absolute atomic E-state index is 11.6. The molecule has 3 saturated carbocycles. The van der Waals surface area contributed by atoms with E-state index in [0.717, 1.165) is 19.3 Å². The van der Waals surface area contributed by atoms with Gasteiger partial charge in [0.25, 0.3) is 0 Å². The molecule has 4 rings (SSSR count). The molecule has 0 saturated heterocycles. The van der Waals surface area contributed by atoms with E-state index < -0.39 is 0 Å². The van der Waals surface area contributed by atoms with Gasteiger partial charge in [0.1, 0.15) is 5.78 Å². The van der Waals surface area contributed by atoms with E-state index in [0.29, 0.717) is 23.5 Å². The second-order valence-corrected chi connectivity index (χ2v) is 4.96. The molecule has 15 heavy (non-hydrogen) atoms. The van der Waals surface area contributed by atoms with E-state index in [1.54, 1.807) is 0 Å². The summed E-state index contributed by atoms with van der Waals surface area (Å²) in [6, 6.07) is 10.7. The fourth-order valence-electron chi connectivity index (χ4n) is 3.30. The van der Waals surface area contributed by atoms with Crippen LogP contribution in [0.3, 0.4) is 0 Å². The zero-order valence-corrected chi connectivity index (χ0v) is 8.86. The molecule has 2 bridgehead atoms. The molecular weight excluding hydrogens is 184 g/mol. The molecule has 3 fully saturated rings. The summed E-state index contributed by atoms with van der Waals surface area (Å²) < 4.78 is 0. The standard InChI is InChI=1S/C14H16O/c15-14-9-11-6-7-12(14)8-13(11)10-4-2-1-3-5-10/h1-5,11-13H,6-9H2/t11-,12-,13-/m1/s1. The molecule has 1 heteroatoms. The summed E-state index contributed by atoms with van der Waals surface area (Å²) in [6.07, 6.45) is 4.35. The van der Waals surface area contributed by atoms with Crippen LogP contribution in [-0.2, 0) is 4.79 Å². The first kappa shape index (κ1) is 9.14. The van der Waals surface area contributed by atoms with Gasteiger partial charge in [-0.1, -0.05) is 30.3 Å². The number of carbonyl (C=O) groups excluding carboxylic acids is 1. The molecule has 1 nitrogen and oxygen atoms in total. The second kappa shape index (κ2) is 3.48. The van der Waals surface area contributed by atoms with Crippen molar-refractivity contribution >= 4 is 5.78 Å². The molecule has 0 N–H and O–H groups in total. The Morgan fingerprint density at radius 3 is 2.47 bits per heavy atom. The molecule has 0 heterocycles. The lowest BCUT2D eigenvalue weighted by molar-refractivity contribution is -0.129. The van der Waals surface area contributed by atoms with Gasteiger partial charge in [-0.2, -0.15) is 0 Å². The van der Waals surface area contributed by atoms with Crippen LogP contribution in [0.5, 0.6) is 0 Å². The average Bonchev–Trinajstić information content (AvgIpc) is 2.31. The van der Waals surface area contributed by atoms with Gasteiger partial charge < -0.3 is 0 Å². The average molecular weight is 200 g/mol. The van der Waals surface area contributed by atoms with Crippen LogP contribution in [0.25, 0.3) is 0 Å². The van der Waals surface area contributed by atoms with Gasteiger partial charge in [0.05, 0.1) is 0 Å². The van der Waals surface area contributed by atoms with Crippen molar-refractivity contribution in [1.29, 1.82) is 0 Å². The molecule has 0 unspecified atom stereocenters. The number of ketones is 1. The lowest BCUT2D eigenvalue weighted by atomic mass is 9.62. The Labute approximate surface area is 90.5 Å². The molecule has 0 spiro atoms. The first-order valence-corrected chi connectivity index (χ1v) is 5.92. The number of benzene rings is 1. The number of hydrogen-bond acceptors (Lipinski definition) is 1. The maximum atomic E-state index is 11.6. The normalized spacial score (nSPS) is 34.4. The lowest BCUT2D eigenvalue weighted by Gasteiger charge is -2.41. The topological polar surface area (TPSA) is 17.1 Å². The molecule has 3 aliphatic rings. The van der Waals surface area contributed by atoms with E-state index in [1.807, 2.05) is 0 Å². The molecule has 0 amide bonds. The van der Waals surface area contributed by atoms with Crippen LogP contribution in [0.2, 0.25) is 0 Å². The van der Waals surface area contributed by atoms with E-state index in [1.165, 1.54) is 12.0 Å². The Balaban J connectivity index is 1.88. The van der Waals surface area contributed by atoms with E-state index in [9.17, 15) is 4.79 Å². The van der Waals surface area contributed by atoms with E-state index in [2.05, 4.69) is 30.3 Å². The summed E-state index contributed by atoms with van der Waals surface area (Å²) in [5, 5.41) is 0. The van der Waals surface area contributed by atoms with Gasteiger partial charge in [-0.3, -0.25) is 4.79 Å². The fourth-order valence-corrected chi connectivity index (χ4v) is 3.30. The minimum Gasteiger partial charge on any atom is -0.299 e. The minimum absolute atomic E-state index is 0.375. The third kappa shape index (κ3) is 1.50. The largest absolute Gasteiger partial charge is 0.299 e. The van der Waals surface area contributed by atoms with Gasteiger partial charge in [0.2, 0.25) is 0 Å². The van der Waals surface area contributed by atoms with Gasteiger partial charge >= 0.3 is 0 Å². The molecule has 1 aromatic carbocycles. The second-order valence-electron chi connectivity index (χ2n) is 4.96.